The van der Waals surface area contributed by atoms with Gasteiger partial charge >= 0.3 is 0 Å². The van der Waals surface area contributed by atoms with Crippen molar-refractivity contribution < 1.29 is 13.2 Å². The average Bonchev–Trinajstić information content (AvgIpc) is 3.17. The van der Waals surface area contributed by atoms with Gasteiger partial charge in [0.2, 0.25) is 0 Å². The first-order chi connectivity index (χ1) is 10.4. The number of thiazole rings is 1. The largest absolute Gasteiger partial charge is 0.337 e. The Labute approximate surface area is 134 Å². The molecule has 22 heavy (non-hydrogen) atoms. The molecule has 0 N–H and O–H groups in total. The number of imidazole rings is 1. The number of amides is 1. The minimum Gasteiger partial charge on any atom is -0.337 e. The molecule has 0 aromatic carbocycles. The molecule has 3 aromatic heterocycles. The Morgan fingerprint density at radius 3 is 3.05 bits per heavy atom. The van der Waals surface area contributed by atoms with Crippen LogP contribution >= 0.6 is 22.7 Å². The zero-order chi connectivity index (χ0) is 15.5. The summed E-state index contributed by atoms with van der Waals surface area (Å²) in [4.78, 5) is 21.0. The molecule has 0 aliphatic carbocycles. The lowest BCUT2D eigenvalue weighted by Crippen LogP contribution is -2.37. The predicted molar refractivity (Wildman–Crippen MR) is 87.6 cm³/mol. The molecule has 0 spiro atoms. The normalized spacial score (nSPS) is 20.9. The van der Waals surface area contributed by atoms with E-state index < -0.39 is 9.84 Å². The Morgan fingerprint density at radius 2 is 2.32 bits per heavy atom. The lowest BCUT2D eigenvalue weighted by molar-refractivity contribution is 0.0752. The first-order valence-corrected chi connectivity index (χ1v) is 10.3. The average molecular weight is 355 g/mol. The Morgan fingerprint density at radius 1 is 1.50 bits per heavy atom. The van der Waals surface area contributed by atoms with Crippen LogP contribution in [0.1, 0.15) is 16.1 Å². The predicted octanol–water partition coefficient (Wildman–Crippen LogP) is 1.87. The van der Waals surface area contributed by atoms with Crippen LogP contribution in [0.4, 0.5) is 0 Å². The maximum Gasteiger partial charge on any atom is 0.264 e. The van der Waals surface area contributed by atoms with E-state index in [9.17, 15) is 13.2 Å². The van der Waals surface area contributed by atoms with Crippen LogP contribution in [-0.4, -0.2) is 53.2 Å². The molecule has 116 valence electrons. The molecule has 1 fully saturated rings. The Bertz CT molecular complexity index is 982. The van der Waals surface area contributed by atoms with Gasteiger partial charge in [-0.15, -0.1) is 22.7 Å². The second kappa shape index (κ2) is 4.77. The summed E-state index contributed by atoms with van der Waals surface area (Å²) in [6.45, 7) is 0. The number of aromatic nitrogens is 2. The number of thiophene rings is 1. The fourth-order valence-electron chi connectivity index (χ4n) is 2.77. The molecule has 6 nitrogen and oxygen atoms in total. The Hall–Kier alpha value is -1.45. The highest BCUT2D eigenvalue weighted by Gasteiger charge is 2.33. The van der Waals surface area contributed by atoms with Crippen LogP contribution < -0.4 is 0 Å². The monoisotopic (exact) mass is 355 g/mol. The van der Waals surface area contributed by atoms with Gasteiger partial charge in [0.1, 0.15) is 4.83 Å². The van der Waals surface area contributed by atoms with Crippen LogP contribution in [0.2, 0.25) is 0 Å². The number of nitrogens with zero attached hydrogens (tertiary/aromatic N) is 3. The summed E-state index contributed by atoms with van der Waals surface area (Å²) in [7, 11) is -1.32. The summed E-state index contributed by atoms with van der Waals surface area (Å²) < 4.78 is 25.1. The molecule has 9 heteroatoms. The van der Waals surface area contributed by atoms with E-state index in [4.69, 9.17) is 0 Å². The first kappa shape index (κ1) is 14.2. The van der Waals surface area contributed by atoms with E-state index in [-0.39, 0.29) is 23.5 Å². The van der Waals surface area contributed by atoms with Crippen LogP contribution in [0.5, 0.6) is 0 Å². The van der Waals surface area contributed by atoms with Crippen LogP contribution in [0.3, 0.4) is 0 Å². The van der Waals surface area contributed by atoms with Crippen molar-refractivity contribution in [2.45, 2.75) is 12.5 Å². The topological polar surface area (TPSA) is 71.8 Å². The number of hydrogen-bond donors (Lipinski definition) is 0. The summed E-state index contributed by atoms with van der Waals surface area (Å²) in [6.07, 6.45) is 2.45. The maximum absolute atomic E-state index is 12.6. The fraction of sp³-hybridized carbons (Fsp3) is 0.385. The third-order valence-corrected chi connectivity index (χ3v) is 7.54. The molecule has 1 unspecified atom stereocenters. The van der Waals surface area contributed by atoms with Gasteiger partial charge in [0.15, 0.2) is 14.8 Å². The van der Waals surface area contributed by atoms with Crippen molar-refractivity contribution in [3.63, 3.8) is 0 Å². The highest BCUT2D eigenvalue weighted by Crippen LogP contribution is 2.29. The molecule has 4 heterocycles. The molecule has 1 aliphatic rings. The van der Waals surface area contributed by atoms with E-state index in [1.165, 1.54) is 11.3 Å². The van der Waals surface area contributed by atoms with Crippen molar-refractivity contribution in [3.05, 3.63) is 22.5 Å². The number of carbonyl (C=O) groups excluding carboxylic acids is 1. The van der Waals surface area contributed by atoms with Gasteiger partial charge in [-0.05, 0) is 12.5 Å². The third-order valence-electron chi connectivity index (χ3n) is 4.03. The number of fused-ring (bicyclic) bond motifs is 3. The summed E-state index contributed by atoms with van der Waals surface area (Å²) in [6, 6.07) is 1.62. The highest BCUT2D eigenvalue weighted by atomic mass is 32.2. The SMILES string of the molecule is CN(C(=O)c1cc2c(nc3sccn32)s1)C1CCS(=O)(=O)C1. The molecular formula is C13H13N3O3S3. The molecule has 1 amide bonds. The molecule has 0 radical (unpaired) electrons. The molecule has 1 atom stereocenters. The molecule has 0 saturated carbocycles. The summed E-state index contributed by atoms with van der Waals surface area (Å²) in [5, 5.41) is 1.95. The van der Waals surface area contributed by atoms with E-state index in [0.29, 0.717) is 11.3 Å². The minimum absolute atomic E-state index is 0.0636. The molecule has 1 saturated heterocycles. The van der Waals surface area contributed by atoms with Gasteiger partial charge in [-0.3, -0.25) is 9.20 Å². The van der Waals surface area contributed by atoms with Crippen LogP contribution in [0.25, 0.3) is 15.3 Å². The smallest absolute Gasteiger partial charge is 0.264 e. The van der Waals surface area contributed by atoms with Crippen LogP contribution in [0, 0.1) is 0 Å². The van der Waals surface area contributed by atoms with Crippen LogP contribution in [0.15, 0.2) is 17.6 Å². The van der Waals surface area contributed by atoms with Gasteiger partial charge in [-0.25, -0.2) is 13.4 Å². The van der Waals surface area contributed by atoms with Gasteiger partial charge in [0.25, 0.3) is 5.91 Å². The molecular weight excluding hydrogens is 342 g/mol. The van der Waals surface area contributed by atoms with Crippen molar-refractivity contribution in [2.75, 3.05) is 18.6 Å². The summed E-state index contributed by atoms with van der Waals surface area (Å²) >= 11 is 2.91. The molecule has 4 rings (SSSR count). The van der Waals surface area contributed by atoms with Crippen LogP contribution in [-0.2, 0) is 9.84 Å². The fourth-order valence-corrected chi connectivity index (χ4v) is 6.33. The number of sulfone groups is 1. The summed E-state index contributed by atoms with van der Waals surface area (Å²) in [5.74, 6) is 0.0995. The van der Waals surface area contributed by atoms with E-state index in [1.54, 1.807) is 23.3 Å². The minimum atomic E-state index is -3.00. The number of carbonyl (C=O) groups is 1. The van der Waals surface area contributed by atoms with E-state index in [0.717, 1.165) is 15.3 Å². The lowest BCUT2D eigenvalue weighted by atomic mass is 10.2. The van der Waals surface area contributed by atoms with E-state index in [1.807, 2.05) is 22.0 Å². The van der Waals surface area contributed by atoms with Gasteiger partial charge in [0, 0.05) is 24.7 Å². The quantitative estimate of drug-likeness (QED) is 0.703. The van der Waals surface area contributed by atoms with E-state index in [2.05, 4.69) is 4.98 Å². The standard InChI is InChI=1S/C13H13N3O3S3/c1-15(8-2-5-22(18,19)7-8)12(17)10-6-9-11(21-10)14-13-16(9)3-4-20-13/h3-4,6,8H,2,5,7H2,1H3. The third kappa shape index (κ3) is 2.15. The molecule has 0 bridgehead atoms. The first-order valence-electron chi connectivity index (χ1n) is 6.77. The van der Waals surface area contributed by atoms with Gasteiger partial charge in [-0.1, -0.05) is 0 Å². The van der Waals surface area contributed by atoms with Gasteiger partial charge in [-0.2, -0.15) is 0 Å². The van der Waals surface area contributed by atoms with Gasteiger partial charge in [0.05, 0.1) is 21.9 Å². The van der Waals surface area contributed by atoms with Crippen molar-refractivity contribution >= 4 is 53.7 Å². The molecule has 1 aliphatic heterocycles. The molecule has 3 aromatic rings. The second-order valence-electron chi connectivity index (χ2n) is 5.44. The maximum atomic E-state index is 12.6. The van der Waals surface area contributed by atoms with Crippen molar-refractivity contribution in [1.82, 2.24) is 14.3 Å². The van der Waals surface area contributed by atoms with Crippen molar-refractivity contribution in [2.24, 2.45) is 0 Å². The Kier molecular flexibility index (Phi) is 3.07. The van der Waals surface area contributed by atoms with Crippen molar-refractivity contribution in [3.8, 4) is 0 Å². The Balaban J connectivity index is 1.65. The second-order valence-corrected chi connectivity index (χ2v) is 9.57. The van der Waals surface area contributed by atoms with Crippen molar-refractivity contribution in [1.29, 1.82) is 0 Å². The zero-order valence-electron chi connectivity index (χ0n) is 11.7. The zero-order valence-corrected chi connectivity index (χ0v) is 14.2. The summed E-state index contributed by atoms with van der Waals surface area (Å²) in [5.41, 5.74) is 0.928. The van der Waals surface area contributed by atoms with Gasteiger partial charge < -0.3 is 4.90 Å². The number of hydrogen-bond acceptors (Lipinski definition) is 6. The highest BCUT2D eigenvalue weighted by molar-refractivity contribution is 7.91. The lowest BCUT2D eigenvalue weighted by Gasteiger charge is -2.22. The number of rotatable bonds is 2. The van der Waals surface area contributed by atoms with E-state index >= 15 is 0 Å².